The van der Waals surface area contributed by atoms with Gasteiger partial charge >= 0.3 is 5.97 Å². The molecule has 0 aliphatic carbocycles. The summed E-state index contributed by atoms with van der Waals surface area (Å²) in [5.74, 6) is -0.113. The lowest BCUT2D eigenvalue weighted by molar-refractivity contribution is -0.121. The molecule has 1 aromatic carbocycles. The van der Waals surface area contributed by atoms with Crippen LogP contribution in [0.15, 0.2) is 36.4 Å². The first-order chi connectivity index (χ1) is 19.6. The Labute approximate surface area is 246 Å². The number of benzene rings is 1. The number of hydrogen-bond donors (Lipinski definition) is 3. The molecule has 230 valence electrons. The summed E-state index contributed by atoms with van der Waals surface area (Å²) in [7, 11) is 3.02. The van der Waals surface area contributed by atoms with Crippen LogP contribution in [-0.2, 0) is 16.0 Å². The molecular formula is C33H51NO7. The predicted octanol–water partition coefficient (Wildman–Crippen LogP) is 5.39. The van der Waals surface area contributed by atoms with Crippen molar-refractivity contribution in [2.75, 3.05) is 20.8 Å². The molecule has 1 aliphatic heterocycles. The summed E-state index contributed by atoms with van der Waals surface area (Å²) in [5, 5.41) is 25.0. The quantitative estimate of drug-likeness (QED) is 0.165. The second-order valence-electron chi connectivity index (χ2n) is 11.3. The topological polar surface area (TPSA) is 114 Å². The summed E-state index contributed by atoms with van der Waals surface area (Å²) < 4.78 is 17.0. The van der Waals surface area contributed by atoms with Crippen LogP contribution in [0, 0.1) is 17.8 Å². The molecule has 2 rings (SSSR count). The number of carbonyl (C=O) groups is 2. The highest BCUT2D eigenvalue weighted by molar-refractivity contribution is 5.94. The van der Waals surface area contributed by atoms with Gasteiger partial charge in [-0.05, 0) is 49.1 Å². The third-order valence-electron chi connectivity index (χ3n) is 8.01. The predicted molar refractivity (Wildman–Crippen MR) is 161 cm³/mol. The second-order valence-corrected chi connectivity index (χ2v) is 11.3. The third-order valence-corrected chi connectivity index (χ3v) is 8.01. The SMILES string of the molecule is CCCCCC(=O)NC/C=C\C[C@@H](C)[C@@H](O)[C@H](C)[C@@H]1C/C=C\C[C@H](C)[C@H](O)Cc2cc(OC)cc(OC)c2C(=O)O1. The molecule has 0 aromatic heterocycles. The van der Waals surface area contributed by atoms with Gasteiger partial charge in [0.2, 0.25) is 5.91 Å². The summed E-state index contributed by atoms with van der Waals surface area (Å²) in [6, 6.07) is 3.38. The van der Waals surface area contributed by atoms with Crippen molar-refractivity contribution in [2.45, 2.75) is 97.4 Å². The van der Waals surface area contributed by atoms with Crippen molar-refractivity contribution in [3.05, 3.63) is 47.6 Å². The lowest BCUT2D eigenvalue weighted by atomic mass is 9.85. The minimum absolute atomic E-state index is 0.0267. The standard InChI is InChI=1S/C33H51NO7/c1-7-8-9-17-30(36)34-18-13-12-15-23(3)32(37)24(4)28-16-11-10-14-22(2)27(35)20-25-19-26(39-5)21-29(40-6)31(25)33(38)41-28/h10-13,19,21-24,27-28,32,35,37H,7-9,14-18,20H2,1-6H3,(H,34,36)/b11-10-,13-12-/t22-,23+,24+,27+,28-,32+/m0/s1. The van der Waals surface area contributed by atoms with Crippen molar-refractivity contribution in [3.63, 3.8) is 0 Å². The minimum atomic E-state index is -0.722. The highest BCUT2D eigenvalue weighted by Crippen LogP contribution is 2.33. The van der Waals surface area contributed by atoms with Gasteiger partial charge < -0.3 is 29.7 Å². The fourth-order valence-electron chi connectivity index (χ4n) is 5.08. The van der Waals surface area contributed by atoms with Gasteiger partial charge in [-0.2, -0.15) is 0 Å². The van der Waals surface area contributed by atoms with E-state index in [0.29, 0.717) is 49.3 Å². The molecule has 0 saturated carbocycles. The number of amides is 1. The normalized spacial score (nSPS) is 22.8. The molecule has 6 atom stereocenters. The number of rotatable bonds is 13. The zero-order valence-electron chi connectivity index (χ0n) is 25.7. The Balaban J connectivity index is 2.15. The Morgan fingerprint density at radius 2 is 1.88 bits per heavy atom. The van der Waals surface area contributed by atoms with E-state index in [1.807, 2.05) is 45.1 Å². The maximum Gasteiger partial charge on any atom is 0.342 e. The molecule has 0 spiro atoms. The van der Waals surface area contributed by atoms with Crippen molar-refractivity contribution < 1.29 is 34.0 Å². The summed E-state index contributed by atoms with van der Waals surface area (Å²) in [6.07, 6.45) is 11.5. The van der Waals surface area contributed by atoms with Crippen molar-refractivity contribution in [1.82, 2.24) is 5.32 Å². The fraction of sp³-hybridized carbons (Fsp3) is 0.636. The van der Waals surface area contributed by atoms with Crippen LogP contribution in [0.4, 0.5) is 0 Å². The number of fused-ring (bicyclic) bond motifs is 1. The molecule has 8 heteroatoms. The number of methoxy groups -OCH3 is 2. The van der Waals surface area contributed by atoms with Crippen molar-refractivity contribution in [1.29, 1.82) is 0 Å². The summed E-state index contributed by atoms with van der Waals surface area (Å²) in [4.78, 5) is 25.5. The number of nitrogens with one attached hydrogen (secondary N) is 1. The van der Waals surface area contributed by atoms with Crippen LogP contribution in [0.25, 0.3) is 0 Å². The van der Waals surface area contributed by atoms with Crippen molar-refractivity contribution in [2.24, 2.45) is 17.8 Å². The van der Waals surface area contributed by atoms with Gasteiger partial charge in [0.25, 0.3) is 0 Å². The van der Waals surface area contributed by atoms with Gasteiger partial charge in [0.05, 0.1) is 26.4 Å². The number of cyclic esters (lactones) is 1. The molecule has 1 heterocycles. The third kappa shape index (κ3) is 10.8. The first-order valence-electron chi connectivity index (χ1n) is 15.0. The number of aliphatic hydroxyl groups excluding tert-OH is 2. The highest BCUT2D eigenvalue weighted by Gasteiger charge is 2.32. The van der Waals surface area contributed by atoms with E-state index in [1.165, 1.54) is 7.11 Å². The van der Waals surface area contributed by atoms with Crippen LogP contribution in [0.5, 0.6) is 11.5 Å². The van der Waals surface area contributed by atoms with Crippen LogP contribution in [0.2, 0.25) is 0 Å². The van der Waals surface area contributed by atoms with Gasteiger partial charge in [0.15, 0.2) is 0 Å². The van der Waals surface area contributed by atoms with E-state index in [2.05, 4.69) is 12.2 Å². The Morgan fingerprint density at radius 1 is 1.15 bits per heavy atom. The molecule has 0 fully saturated rings. The van der Waals surface area contributed by atoms with Gasteiger partial charge in [-0.1, -0.05) is 64.8 Å². The molecule has 0 bridgehead atoms. The maximum absolute atomic E-state index is 13.6. The van der Waals surface area contributed by atoms with Crippen molar-refractivity contribution in [3.8, 4) is 11.5 Å². The first-order valence-corrected chi connectivity index (χ1v) is 15.0. The molecule has 0 saturated heterocycles. The van der Waals surface area contributed by atoms with E-state index in [4.69, 9.17) is 14.2 Å². The summed E-state index contributed by atoms with van der Waals surface area (Å²) >= 11 is 0. The largest absolute Gasteiger partial charge is 0.497 e. The van der Waals surface area contributed by atoms with Gasteiger partial charge in [0.1, 0.15) is 23.2 Å². The average Bonchev–Trinajstić information content (AvgIpc) is 2.96. The zero-order valence-corrected chi connectivity index (χ0v) is 25.7. The van der Waals surface area contributed by atoms with E-state index in [1.54, 1.807) is 19.2 Å². The number of ether oxygens (including phenoxy) is 3. The van der Waals surface area contributed by atoms with Crippen LogP contribution >= 0.6 is 0 Å². The van der Waals surface area contributed by atoms with E-state index in [9.17, 15) is 19.8 Å². The molecule has 41 heavy (non-hydrogen) atoms. The van der Waals surface area contributed by atoms with Crippen LogP contribution < -0.4 is 14.8 Å². The Kier molecular flexibility index (Phi) is 15.0. The molecule has 1 aliphatic rings. The van der Waals surface area contributed by atoms with E-state index < -0.39 is 24.3 Å². The number of allylic oxidation sites excluding steroid dienone is 2. The number of aliphatic hydroxyl groups is 2. The van der Waals surface area contributed by atoms with Gasteiger partial charge in [0, 0.05) is 31.4 Å². The highest BCUT2D eigenvalue weighted by atomic mass is 16.5. The summed E-state index contributed by atoms with van der Waals surface area (Å²) in [5.41, 5.74) is 0.863. The number of unbranched alkanes of at least 4 members (excludes halogenated alkanes) is 2. The monoisotopic (exact) mass is 573 g/mol. The number of hydrogen-bond acceptors (Lipinski definition) is 7. The van der Waals surface area contributed by atoms with E-state index in [0.717, 1.165) is 19.3 Å². The lowest BCUT2D eigenvalue weighted by Gasteiger charge is -2.31. The second kappa shape index (κ2) is 17.9. The van der Waals surface area contributed by atoms with Crippen LogP contribution in [0.1, 0.15) is 88.6 Å². The minimum Gasteiger partial charge on any atom is -0.497 e. The van der Waals surface area contributed by atoms with Crippen LogP contribution in [-0.4, -0.2) is 61.2 Å². The Morgan fingerprint density at radius 3 is 2.56 bits per heavy atom. The molecule has 3 N–H and O–H groups in total. The van der Waals surface area contributed by atoms with Crippen LogP contribution in [0.3, 0.4) is 0 Å². The number of esters is 1. The Hall–Kier alpha value is -2.84. The number of carbonyl (C=O) groups excluding carboxylic acids is 2. The van der Waals surface area contributed by atoms with E-state index >= 15 is 0 Å². The van der Waals surface area contributed by atoms with Gasteiger partial charge in [-0.25, -0.2) is 4.79 Å². The molecule has 1 amide bonds. The molecule has 0 unspecified atom stereocenters. The maximum atomic E-state index is 13.6. The van der Waals surface area contributed by atoms with Gasteiger partial charge in [-0.15, -0.1) is 0 Å². The molecule has 8 nitrogen and oxygen atoms in total. The van der Waals surface area contributed by atoms with Crippen molar-refractivity contribution >= 4 is 11.9 Å². The smallest absolute Gasteiger partial charge is 0.342 e. The first kappa shape index (κ1) is 34.4. The molecule has 0 radical (unpaired) electrons. The lowest BCUT2D eigenvalue weighted by Crippen LogP contribution is -2.37. The molecular weight excluding hydrogens is 522 g/mol. The molecule has 1 aromatic rings. The zero-order chi connectivity index (χ0) is 30.4. The fourth-order valence-corrected chi connectivity index (χ4v) is 5.08. The summed E-state index contributed by atoms with van der Waals surface area (Å²) in [6.45, 7) is 8.42. The van der Waals surface area contributed by atoms with Gasteiger partial charge in [-0.3, -0.25) is 4.79 Å². The van der Waals surface area contributed by atoms with E-state index in [-0.39, 0.29) is 35.6 Å². The Bertz CT molecular complexity index is 1020. The average molecular weight is 574 g/mol.